The van der Waals surface area contributed by atoms with Crippen LogP contribution in [0.1, 0.15) is 0 Å². The van der Waals surface area contributed by atoms with E-state index in [4.69, 9.17) is 0 Å². The van der Waals surface area contributed by atoms with Crippen LogP contribution in [0, 0.1) is 0 Å². The van der Waals surface area contributed by atoms with Gasteiger partial charge < -0.3 is 0 Å². The van der Waals surface area contributed by atoms with Gasteiger partial charge >= 0.3 is 33.2 Å². The fourth-order valence-corrected chi connectivity index (χ4v) is 0.393. The average Bonchev–Trinajstić information content (AvgIpc) is 1.76. The summed E-state index contributed by atoms with van der Waals surface area (Å²) in [6.45, 7) is 8.36. The van der Waals surface area contributed by atoms with Crippen molar-refractivity contribution in [2.45, 2.75) is 6.22 Å². The zero-order valence-corrected chi connectivity index (χ0v) is 3.02. The Balaban J connectivity index is 2.61. The first-order valence-corrected chi connectivity index (χ1v) is 1.82. The molecule has 0 amide bonds. The van der Waals surface area contributed by atoms with Crippen molar-refractivity contribution in [3.8, 4) is 0 Å². The molecule has 0 spiro atoms. The van der Waals surface area contributed by atoms with E-state index in [-0.39, 0.29) is 0 Å². The molecule has 0 aromatic rings. The Hall–Kier alpha value is 0.260. The first kappa shape index (κ1) is 3.45. The molecule has 1 aliphatic rings. The van der Waals surface area contributed by atoms with Crippen molar-refractivity contribution in [1.29, 1.82) is 0 Å². The van der Waals surface area contributed by atoms with Crippen molar-refractivity contribution in [2.24, 2.45) is 0 Å². The molecule has 0 radical (unpaired) electrons. The van der Waals surface area contributed by atoms with Crippen molar-refractivity contribution in [2.75, 3.05) is 0 Å². The van der Waals surface area contributed by atoms with Gasteiger partial charge in [0, 0.05) is 0 Å². The molecule has 1 rings (SSSR count). The third kappa shape index (κ3) is 0.786. The van der Waals surface area contributed by atoms with Crippen molar-refractivity contribution in [3.05, 3.63) is 0 Å². The Morgan fingerprint density at radius 3 is 1.80 bits per heavy atom. The molecule has 0 unspecified atom stereocenters. The van der Waals surface area contributed by atoms with Crippen LogP contribution in [0.15, 0.2) is 0 Å². The van der Waals surface area contributed by atoms with Crippen LogP contribution in [-0.4, -0.2) is 27.0 Å². The molecule has 0 bridgehead atoms. The van der Waals surface area contributed by atoms with E-state index in [2.05, 4.69) is 27.0 Å². The molecule has 0 aliphatic carbocycles. The van der Waals surface area contributed by atoms with E-state index in [1.165, 1.54) is 0 Å². The Bertz CT molecular complexity index is 61.7. The number of rotatable bonds is 0. The van der Waals surface area contributed by atoms with Crippen LogP contribution in [0.2, 0.25) is 6.22 Å². The normalized spacial score (nSPS) is 11.2. The molecule has 1 heterocycles. The SMILES string of the molecule is B1=BCB=B1. The van der Waals surface area contributed by atoms with Gasteiger partial charge in [-0.2, -0.15) is 0 Å². The molecule has 0 saturated heterocycles. The van der Waals surface area contributed by atoms with Gasteiger partial charge in [-0.15, -0.1) is 0 Å². The molecule has 0 atom stereocenters. The molecular formula is CH2B4. The molecule has 1 aliphatic heterocycles. The second kappa shape index (κ2) is 1.64. The third-order valence-electron chi connectivity index (χ3n) is 0.655. The van der Waals surface area contributed by atoms with Gasteiger partial charge in [0.25, 0.3) is 0 Å². The second-order valence-electron chi connectivity index (χ2n) is 1.09. The Morgan fingerprint density at radius 2 is 1.60 bits per heavy atom. The molecule has 0 N–H and O–H groups in total. The molecule has 0 fully saturated rings. The van der Waals surface area contributed by atoms with Crippen molar-refractivity contribution < 1.29 is 0 Å². The standard InChI is InChI=1S/CH2B4/c1-2-4-5-3-1/h1H2. The van der Waals surface area contributed by atoms with Crippen LogP contribution >= 0.6 is 0 Å². The fourth-order valence-electron chi connectivity index (χ4n) is 0.393. The zero-order chi connectivity index (χ0) is 3.54. The summed E-state index contributed by atoms with van der Waals surface area (Å²) in [7, 11) is 0. The molecule has 0 aromatic carbocycles. The summed E-state index contributed by atoms with van der Waals surface area (Å²) in [5, 5.41) is 0. The second-order valence-corrected chi connectivity index (χ2v) is 1.09. The van der Waals surface area contributed by atoms with Crippen LogP contribution in [0.4, 0.5) is 0 Å². The predicted octanol–water partition coefficient (Wildman–Crippen LogP) is -1.06. The van der Waals surface area contributed by atoms with E-state index < -0.39 is 0 Å². The van der Waals surface area contributed by atoms with Crippen molar-refractivity contribution in [3.63, 3.8) is 0 Å². The molecule has 0 saturated carbocycles. The Morgan fingerprint density at radius 1 is 1.00 bits per heavy atom. The summed E-state index contributed by atoms with van der Waals surface area (Å²) in [6.07, 6.45) is 1.14. The van der Waals surface area contributed by atoms with Gasteiger partial charge in [0.05, 0.1) is 0 Å². The minimum absolute atomic E-state index is 1.14. The maximum atomic E-state index is 2.12. The summed E-state index contributed by atoms with van der Waals surface area (Å²) in [4.78, 5) is 0. The third-order valence-corrected chi connectivity index (χ3v) is 0.655. The summed E-state index contributed by atoms with van der Waals surface area (Å²) < 4.78 is 0. The van der Waals surface area contributed by atoms with E-state index in [0.717, 1.165) is 6.22 Å². The van der Waals surface area contributed by atoms with Gasteiger partial charge in [-0.25, -0.2) is 0 Å². The zero-order valence-electron chi connectivity index (χ0n) is 3.02. The average molecular weight is 57.3 g/mol. The van der Waals surface area contributed by atoms with Gasteiger partial charge in [-0.3, -0.25) is 0 Å². The van der Waals surface area contributed by atoms with E-state index in [1.807, 2.05) is 0 Å². The molecular weight excluding hydrogens is 55.3 g/mol. The first-order chi connectivity index (χ1) is 2.50. The summed E-state index contributed by atoms with van der Waals surface area (Å²) >= 11 is 0. The van der Waals surface area contributed by atoms with E-state index >= 15 is 0 Å². The van der Waals surface area contributed by atoms with Gasteiger partial charge in [0.15, 0.2) is 0 Å². The van der Waals surface area contributed by atoms with Crippen LogP contribution in [0.5, 0.6) is 0 Å². The molecule has 0 nitrogen and oxygen atoms in total. The topological polar surface area (TPSA) is 0 Å². The van der Waals surface area contributed by atoms with Gasteiger partial charge in [0.2, 0.25) is 0 Å². The summed E-state index contributed by atoms with van der Waals surface area (Å²) in [6, 6.07) is 0. The van der Waals surface area contributed by atoms with Crippen LogP contribution in [0.25, 0.3) is 0 Å². The van der Waals surface area contributed by atoms with Gasteiger partial charge in [-0.1, -0.05) is 0 Å². The Kier molecular flexibility index (Phi) is 1.13. The number of hydrogen-bond donors (Lipinski definition) is 0. The van der Waals surface area contributed by atoms with Crippen LogP contribution < -0.4 is 0 Å². The van der Waals surface area contributed by atoms with E-state index in [1.54, 1.807) is 0 Å². The molecule has 18 valence electrons. The maximum absolute atomic E-state index is 2.12. The predicted molar refractivity (Wildman–Crippen MR) is 27.8 cm³/mol. The van der Waals surface area contributed by atoms with Crippen molar-refractivity contribution in [1.82, 2.24) is 0 Å². The fraction of sp³-hybridized carbons (Fsp3) is 1.00. The van der Waals surface area contributed by atoms with Gasteiger partial charge in [-0.05, 0) is 0 Å². The molecule has 5 heavy (non-hydrogen) atoms. The van der Waals surface area contributed by atoms with E-state index in [0.29, 0.717) is 0 Å². The summed E-state index contributed by atoms with van der Waals surface area (Å²) in [5.41, 5.74) is 0. The van der Waals surface area contributed by atoms with Crippen LogP contribution in [0.3, 0.4) is 0 Å². The Labute approximate surface area is 34.2 Å². The molecule has 0 aromatic heterocycles. The molecule has 4 heteroatoms. The quantitative estimate of drug-likeness (QED) is 0.311. The van der Waals surface area contributed by atoms with Crippen LogP contribution in [-0.2, 0) is 0 Å². The monoisotopic (exact) mass is 58.1 g/mol. The van der Waals surface area contributed by atoms with Gasteiger partial charge in [0.1, 0.15) is 0 Å². The number of hydrogen-bond acceptors (Lipinski definition) is 0. The van der Waals surface area contributed by atoms with E-state index in [9.17, 15) is 0 Å². The van der Waals surface area contributed by atoms with Crippen molar-refractivity contribution >= 4 is 27.0 Å². The minimum atomic E-state index is 1.14. The summed E-state index contributed by atoms with van der Waals surface area (Å²) in [5.74, 6) is 0. The first-order valence-electron chi connectivity index (χ1n) is 1.82.